The van der Waals surface area contributed by atoms with Crippen molar-refractivity contribution >= 4 is 27.3 Å². The molecule has 1 aromatic carbocycles. The lowest BCUT2D eigenvalue weighted by Gasteiger charge is -2.02. The molecule has 3 heteroatoms. The number of thiophene rings is 1. The molecule has 0 aliphatic carbocycles. The Morgan fingerprint density at radius 3 is 2.47 bits per heavy atom. The van der Waals surface area contributed by atoms with Crippen LogP contribution in [0.2, 0.25) is 0 Å². The van der Waals surface area contributed by atoms with Gasteiger partial charge in [0, 0.05) is 15.9 Å². The van der Waals surface area contributed by atoms with Crippen LogP contribution in [0.15, 0.2) is 40.2 Å². The number of nitrogens with one attached hydrogen (secondary N) is 1. The van der Waals surface area contributed by atoms with E-state index in [1.807, 2.05) is 7.05 Å². The Kier molecular flexibility index (Phi) is 3.57. The van der Waals surface area contributed by atoms with Crippen LogP contribution in [0.4, 0.5) is 0 Å². The van der Waals surface area contributed by atoms with Gasteiger partial charge in [0.1, 0.15) is 0 Å². The second-order valence-electron chi connectivity index (χ2n) is 3.32. The predicted octanol–water partition coefficient (Wildman–Crippen LogP) is 3.90. The first-order valence-corrected chi connectivity index (χ1v) is 6.45. The SMILES string of the molecule is CNCc1ccc(-c2sccc2Br)cc1. The lowest BCUT2D eigenvalue weighted by molar-refractivity contribution is 0.818. The highest BCUT2D eigenvalue weighted by Crippen LogP contribution is 2.33. The summed E-state index contributed by atoms with van der Waals surface area (Å²) in [4.78, 5) is 1.30. The van der Waals surface area contributed by atoms with E-state index < -0.39 is 0 Å². The molecule has 0 amide bonds. The summed E-state index contributed by atoms with van der Waals surface area (Å²) in [5, 5.41) is 5.24. The lowest BCUT2D eigenvalue weighted by Crippen LogP contribution is -2.04. The molecule has 0 atom stereocenters. The molecule has 0 radical (unpaired) electrons. The van der Waals surface area contributed by atoms with Gasteiger partial charge in [-0.05, 0) is 45.6 Å². The van der Waals surface area contributed by atoms with Gasteiger partial charge < -0.3 is 5.32 Å². The zero-order chi connectivity index (χ0) is 10.7. The van der Waals surface area contributed by atoms with Crippen LogP contribution >= 0.6 is 27.3 Å². The molecular formula is C12H12BrNS. The highest BCUT2D eigenvalue weighted by atomic mass is 79.9. The average Bonchev–Trinajstić information content (AvgIpc) is 2.66. The molecule has 2 rings (SSSR count). The van der Waals surface area contributed by atoms with Crippen molar-refractivity contribution in [3.8, 4) is 10.4 Å². The maximum atomic E-state index is 3.55. The van der Waals surface area contributed by atoms with Crippen LogP contribution in [0.3, 0.4) is 0 Å². The summed E-state index contributed by atoms with van der Waals surface area (Å²) in [7, 11) is 1.96. The molecular weight excluding hydrogens is 270 g/mol. The molecule has 1 aromatic heterocycles. The number of hydrogen-bond acceptors (Lipinski definition) is 2. The summed E-state index contributed by atoms with van der Waals surface area (Å²) in [6, 6.07) is 10.8. The minimum atomic E-state index is 0.923. The van der Waals surface area contributed by atoms with Crippen molar-refractivity contribution in [1.29, 1.82) is 0 Å². The lowest BCUT2D eigenvalue weighted by atomic mass is 10.1. The molecule has 2 aromatic rings. The third-order valence-corrected chi connectivity index (χ3v) is 4.10. The second-order valence-corrected chi connectivity index (χ2v) is 5.10. The summed E-state index contributed by atoms with van der Waals surface area (Å²) in [5.74, 6) is 0. The van der Waals surface area contributed by atoms with E-state index in [4.69, 9.17) is 0 Å². The fourth-order valence-corrected chi connectivity index (χ4v) is 3.09. The Labute approximate surface area is 102 Å². The summed E-state index contributed by atoms with van der Waals surface area (Å²) in [6.07, 6.45) is 0. The van der Waals surface area contributed by atoms with Crippen LogP contribution in [0, 0.1) is 0 Å². The topological polar surface area (TPSA) is 12.0 Å². The normalized spacial score (nSPS) is 10.5. The van der Waals surface area contributed by atoms with Gasteiger partial charge in [-0.3, -0.25) is 0 Å². The first kappa shape index (κ1) is 10.9. The van der Waals surface area contributed by atoms with E-state index in [9.17, 15) is 0 Å². The quantitative estimate of drug-likeness (QED) is 0.900. The van der Waals surface area contributed by atoms with Gasteiger partial charge >= 0.3 is 0 Å². The van der Waals surface area contributed by atoms with Gasteiger partial charge in [-0.1, -0.05) is 24.3 Å². The molecule has 0 aliphatic rings. The number of halogens is 1. The predicted molar refractivity (Wildman–Crippen MR) is 70.2 cm³/mol. The van der Waals surface area contributed by atoms with E-state index in [-0.39, 0.29) is 0 Å². The van der Waals surface area contributed by atoms with Crippen molar-refractivity contribution in [2.24, 2.45) is 0 Å². The molecule has 0 spiro atoms. The van der Waals surface area contributed by atoms with Crippen molar-refractivity contribution in [1.82, 2.24) is 5.32 Å². The summed E-state index contributed by atoms with van der Waals surface area (Å²) in [6.45, 7) is 0.923. The fourth-order valence-electron chi connectivity index (χ4n) is 1.48. The maximum Gasteiger partial charge on any atom is 0.0484 e. The van der Waals surface area contributed by atoms with E-state index in [0.29, 0.717) is 0 Å². The minimum absolute atomic E-state index is 0.923. The van der Waals surface area contributed by atoms with Gasteiger partial charge in [0.2, 0.25) is 0 Å². The van der Waals surface area contributed by atoms with Gasteiger partial charge in [0.05, 0.1) is 0 Å². The van der Waals surface area contributed by atoms with E-state index in [0.717, 1.165) is 6.54 Å². The summed E-state index contributed by atoms with van der Waals surface area (Å²) < 4.78 is 1.17. The van der Waals surface area contributed by atoms with Gasteiger partial charge in [-0.15, -0.1) is 11.3 Å². The van der Waals surface area contributed by atoms with Gasteiger partial charge in [0.15, 0.2) is 0 Å². The molecule has 0 unspecified atom stereocenters. The van der Waals surface area contributed by atoms with Crippen LogP contribution in [-0.4, -0.2) is 7.05 Å². The number of hydrogen-bond donors (Lipinski definition) is 1. The fraction of sp³-hybridized carbons (Fsp3) is 0.167. The molecule has 0 bridgehead atoms. The molecule has 15 heavy (non-hydrogen) atoms. The molecule has 0 fully saturated rings. The zero-order valence-corrected chi connectivity index (χ0v) is 10.9. The van der Waals surface area contributed by atoms with Crippen LogP contribution < -0.4 is 5.32 Å². The first-order valence-electron chi connectivity index (χ1n) is 4.78. The molecule has 78 valence electrons. The molecule has 1 nitrogen and oxygen atoms in total. The molecule has 1 heterocycles. The van der Waals surface area contributed by atoms with Crippen molar-refractivity contribution < 1.29 is 0 Å². The van der Waals surface area contributed by atoms with E-state index >= 15 is 0 Å². The van der Waals surface area contributed by atoms with Gasteiger partial charge in [-0.25, -0.2) is 0 Å². The zero-order valence-electron chi connectivity index (χ0n) is 8.46. The van der Waals surface area contributed by atoms with Crippen molar-refractivity contribution in [2.45, 2.75) is 6.54 Å². The minimum Gasteiger partial charge on any atom is -0.316 e. The molecule has 0 aliphatic heterocycles. The van der Waals surface area contributed by atoms with E-state index in [1.54, 1.807) is 11.3 Å². The van der Waals surface area contributed by atoms with Crippen LogP contribution in [0.5, 0.6) is 0 Å². The van der Waals surface area contributed by atoms with Crippen molar-refractivity contribution in [2.75, 3.05) is 7.05 Å². The number of benzene rings is 1. The summed E-state index contributed by atoms with van der Waals surface area (Å²) in [5.41, 5.74) is 2.59. The maximum absolute atomic E-state index is 3.55. The Bertz CT molecular complexity index is 433. The highest BCUT2D eigenvalue weighted by Gasteiger charge is 2.03. The third-order valence-electron chi connectivity index (χ3n) is 2.21. The van der Waals surface area contributed by atoms with Gasteiger partial charge in [0.25, 0.3) is 0 Å². The largest absolute Gasteiger partial charge is 0.316 e. The van der Waals surface area contributed by atoms with E-state index in [2.05, 4.69) is 57.0 Å². The van der Waals surface area contributed by atoms with Crippen LogP contribution in [-0.2, 0) is 6.54 Å². The van der Waals surface area contributed by atoms with Gasteiger partial charge in [-0.2, -0.15) is 0 Å². The second kappa shape index (κ2) is 4.92. The Morgan fingerprint density at radius 1 is 1.20 bits per heavy atom. The molecule has 0 saturated heterocycles. The summed E-state index contributed by atoms with van der Waals surface area (Å²) >= 11 is 5.31. The third kappa shape index (κ3) is 2.48. The van der Waals surface area contributed by atoms with Crippen molar-refractivity contribution in [3.05, 3.63) is 45.7 Å². The first-order chi connectivity index (χ1) is 7.31. The van der Waals surface area contributed by atoms with Crippen molar-refractivity contribution in [3.63, 3.8) is 0 Å². The highest BCUT2D eigenvalue weighted by molar-refractivity contribution is 9.10. The average molecular weight is 282 g/mol. The molecule has 0 saturated carbocycles. The van der Waals surface area contributed by atoms with Crippen LogP contribution in [0.1, 0.15) is 5.56 Å². The standard InChI is InChI=1S/C12H12BrNS/c1-14-8-9-2-4-10(5-3-9)12-11(13)6-7-15-12/h2-7,14H,8H2,1H3. The van der Waals surface area contributed by atoms with Crippen LogP contribution in [0.25, 0.3) is 10.4 Å². The molecule has 1 N–H and O–H groups in total. The Hall–Kier alpha value is -0.640. The smallest absolute Gasteiger partial charge is 0.0484 e. The Morgan fingerprint density at radius 2 is 1.93 bits per heavy atom. The van der Waals surface area contributed by atoms with E-state index in [1.165, 1.54) is 20.5 Å². The monoisotopic (exact) mass is 281 g/mol. The number of rotatable bonds is 3. The Balaban J connectivity index is 2.28.